The lowest BCUT2D eigenvalue weighted by atomic mass is 10.1. The molecule has 2 aliphatic rings. The first-order chi connectivity index (χ1) is 10.7. The summed E-state index contributed by atoms with van der Waals surface area (Å²) in [4.78, 5) is 17.0. The molecule has 2 aliphatic heterocycles. The number of rotatable bonds is 3. The monoisotopic (exact) mass is 301 g/mol. The number of likely N-dealkylation sites (tertiary alicyclic amines) is 2. The molecule has 0 radical (unpaired) electrons. The number of urea groups is 1. The van der Waals surface area contributed by atoms with Crippen LogP contribution in [0.1, 0.15) is 31.2 Å². The Balaban J connectivity index is 1.49. The third kappa shape index (κ3) is 3.80. The molecule has 22 heavy (non-hydrogen) atoms. The molecule has 1 aromatic rings. The molecule has 1 N–H and O–H groups in total. The van der Waals surface area contributed by atoms with Gasteiger partial charge in [0, 0.05) is 25.3 Å². The fraction of sp³-hybridized carbons (Fsp3) is 0.611. The van der Waals surface area contributed by atoms with Gasteiger partial charge >= 0.3 is 6.03 Å². The van der Waals surface area contributed by atoms with Crippen LogP contribution in [0, 0.1) is 12.8 Å². The summed E-state index contributed by atoms with van der Waals surface area (Å²) in [6.45, 7) is 7.45. The summed E-state index contributed by atoms with van der Waals surface area (Å²) in [5.74, 6) is 0.640. The topological polar surface area (TPSA) is 35.6 Å². The van der Waals surface area contributed by atoms with Crippen molar-refractivity contribution in [1.82, 2.24) is 9.80 Å². The highest BCUT2D eigenvalue weighted by molar-refractivity contribution is 5.90. The van der Waals surface area contributed by atoms with Gasteiger partial charge in [-0.25, -0.2) is 4.79 Å². The molecule has 1 atom stereocenters. The van der Waals surface area contributed by atoms with Crippen LogP contribution in [0.25, 0.3) is 0 Å². The van der Waals surface area contributed by atoms with Gasteiger partial charge in [-0.1, -0.05) is 24.6 Å². The Labute approximate surface area is 133 Å². The Kier molecular flexibility index (Phi) is 4.98. The molecule has 2 saturated heterocycles. The molecule has 0 bridgehead atoms. The van der Waals surface area contributed by atoms with Gasteiger partial charge in [0.15, 0.2) is 0 Å². The highest BCUT2D eigenvalue weighted by atomic mass is 16.2. The summed E-state index contributed by atoms with van der Waals surface area (Å²) in [6.07, 6.45) is 5.19. The Bertz CT molecular complexity index is 511. The summed E-state index contributed by atoms with van der Waals surface area (Å²) < 4.78 is 0. The van der Waals surface area contributed by atoms with E-state index < -0.39 is 0 Å². The predicted octanol–water partition coefficient (Wildman–Crippen LogP) is 3.33. The molecule has 2 heterocycles. The highest BCUT2D eigenvalue weighted by Crippen LogP contribution is 2.21. The Hall–Kier alpha value is -1.55. The quantitative estimate of drug-likeness (QED) is 0.929. The fourth-order valence-electron chi connectivity index (χ4n) is 3.58. The zero-order valence-corrected chi connectivity index (χ0v) is 13.6. The Morgan fingerprint density at radius 1 is 1.18 bits per heavy atom. The number of hydrogen-bond acceptors (Lipinski definition) is 2. The molecular formula is C18H27N3O. The number of benzene rings is 1. The predicted molar refractivity (Wildman–Crippen MR) is 90.2 cm³/mol. The van der Waals surface area contributed by atoms with Crippen molar-refractivity contribution in [2.75, 3.05) is 38.0 Å². The minimum atomic E-state index is 0.0513. The van der Waals surface area contributed by atoms with E-state index in [1.54, 1.807) is 0 Å². The van der Waals surface area contributed by atoms with Crippen molar-refractivity contribution in [3.05, 3.63) is 29.8 Å². The van der Waals surface area contributed by atoms with Crippen molar-refractivity contribution in [3.63, 3.8) is 0 Å². The molecule has 1 aromatic carbocycles. The number of hydrogen-bond donors (Lipinski definition) is 1. The maximum absolute atomic E-state index is 12.4. The van der Waals surface area contributed by atoms with Gasteiger partial charge in [0.25, 0.3) is 0 Å². The number of para-hydroxylation sites is 1. The van der Waals surface area contributed by atoms with Crippen molar-refractivity contribution in [2.45, 2.75) is 32.6 Å². The third-order valence-corrected chi connectivity index (χ3v) is 4.92. The van der Waals surface area contributed by atoms with E-state index in [1.807, 2.05) is 36.1 Å². The lowest BCUT2D eigenvalue weighted by Gasteiger charge is -2.29. The first kappa shape index (κ1) is 15.3. The maximum atomic E-state index is 12.4. The zero-order chi connectivity index (χ0) is 15.4. The number of carbonyl (C=O) groups is 1. The summed E-state index contributed by atoms with van der Waals surface area (Å²) in [7, 11) is 0. The van der Waals surface area contributed by atoms with Crippen molar-refractivity contribution in [3.8, 4) is 0 Å². The molecule has 0 aliphatic carbocycles. The number of anilines is 1. The SMILES string of the molecule is Cc1ccccc1NC(=O)N1CCC(CN2CCCCC2)C1. The molecule has 2 fully saturated rings. The van der Waals surface area contributed by atoms with Crippen LogP contribution in [0.3, 0.4) is 0 Å². The van der Waals surface area contributed by atoms with E-state index in [9.17, 15) is 4.79 Å². The van der Waals surface area contributed by atoms with Crippen molar-refractivity contribution >= 4 is 11.7 Å². The molecule has 0 spiro atoms. The number of amides is 2. The highest BCUT2D eigenvalue weighted by Gasteiger charge is 2.28. The second-order valence-corrected chi connectivity index (χ2v) is 6.71. The maximum Gasteiger partial charge on any atom is 0.321 e. The summed E-state index contributed by atoms with van der Waals surface area (Å²) >= 11 is 0. The van der Waals surface area contributed by atoms with Crippen LogP contribution in [0.15, 0.2) is 24.3 Å². The van der Waals surface area contributed by atoms with Crippen LogP contribution in [-0.2, 0) is 0 Å². The van der Waals surface area contributed by atoms with E-state index >= 15 is 0 Å². The number of piperidine rings is 1. The van der Waals surface area contributed by atoms with E-state index in [0.29, 0.717) is 5.92 Å². The summed E-state index contributed by atoms with van der Waals surface area (Å²) in [6, 6.07) is 8.00. The van der Waals surface area contributed by atoms with Gasteiger partial charge in [-0.05, 0) is 56.8 Å². The lowest BCUT2D eigenvalue weighted by Crippen LogP contribution is -2.37. The van der Waals surface area contributed by atoms with Crippen LogP contribution >= 0.6 is 0 Å². The average molecular weight is 301 g/mol. The van der Waals surface area contributed by atoms with E-state index in [-0.39, 0.29) is 6.03 Å². The van der Waals surface area contributed by atoms with Gasteiger partial charge in [-0.3, -0.25) is 0 Å². The summed E-state index contributed by atoms with van der Waals surface area (Å²) in [5.41, 5.74) is 2.03. The van der Waals surface area contributed by atoms with Crippen LogP contribution < -0.4 is 5.32 Å². The molecule has 0 aromatic heterocycles. The number of nitrogens with zero attached hydrogens (tertiary/aromatic N) is 2. The summed E-state index contributed by atoms with van der Waals surface area (Å²) in [5, 5.41) is 3.05. The van der Waals surface area contributed by atoms with Gasteiger partial charge in [-0.15, -0.1) is 0 Å². The van der Waals surface area contributed by atoms with Gasteiger partial charge in [-0.2, -0.15) is 0 Å². The van der Waals surface area contributed by atoms with E-state index in [0.717, 1.165) is 37.3 Å². The smallest absolute Gasteiger partial charge is 0.321 e. The van der Waals surface area contributed by atoms with Crippen LogP contribution in [0.2, 0.25) is 0 Å². The molecular weight excluding hydrogens is 274 g/mol. The van der Waals surface area contributed by atoms with Crippen molar-refractivity contribution in [1.29, 1.82) is 0 Å². The molecule has 1 unspecified atom stereocenters. The Morgan fingerprint density at radius 2 is 1.95 bits per heavy atom. The second-order valence-electron chi connectivity index (χ2n) is 6.71. The fourth-order valence-corrected chi connectivity index (χ4v) is 3.58. The normalized spacial score (nSPS) is 22.8. The van der Waals surface area contributed by atoms with Crippen LogP contribution in [0.4, 0.5) is 10.5 Å². The number of nitrogens with one attached hydrogen (secondary N) is 1. The minimum Gasteiger partial charge on any atom is -0.324 e. The van der Waals surface area contributed by atoms with Gasteiger partial charge in [0.05, 0.1) is 0 Å². The van der Waals surface area contributed by atoms with E-state index in [2.05, 4.69) is 10.2 Å². The molecule has 4 heteroatoms. The molecule has 120 valence electrons. The standard InChI is InChI=1S/C18H27N3O/c1-15-7-3-4-8-17(15)19-18(22)21-12-9-16(14-21)13-20-10-5-2-6-11-20/h3-4,7-8,16H,2,5-6,9-14H2,1H3,(H,19,22). The van der Waals surface area contributed by atoms with E-state index in [4.69, 9.17) is 0 Å². The van der Waals surface area contributed by atoms with Gasteiger partial charge < -0.3 is 15.1 Å². The Morgan fingerprint density at radius 3 is 2.73 bits per heavy atom. The molecule has 0 saturated carbocycles. The molecule has 2 amide bonds. The first-order valence-corrected chi connectivity index (χ1v) is 8.56. The van der Waals surface area contributed by atoms with Crippen molar-refractivity contribution in [2.24, 2.45) is 5.92 Å². The average Bonchev–Trinajstić information content (AvgIpc) is 2.99. The molecule has 4 nitrogen and oxygen atoms in total. The third-order valence-electron chi connectivity index (χ3n) is 4.92. The van der Waals surface area contributed by atoms with Gasteiger partial charge in [0.2, 0.25) is 0 Å². The van der Waals surface area contributed by atoms with Crippen LogP contribution in [0.5, 0.6) is 0 Å². The number of carbonyl (C=O) groups excluding carboxylic acids is 1. The molecule has 3 rings (SSSR count). The lowest BCUT2D eigenvalue weighted by molar-refractivity contribution is 0.192. The van der Waals surface area contributed by atoms with Crippen LogP contribution in [-0.4, -0.2) is 48.6 Å². The minimum absolute atomic E-state index is 0.0513. The van der Waals surface area contributed by atoms with E-state index in [1.165, 1.54) is 32.4 Å². The van der Waals surface area contributed by atoms with Gasteiger partial charge in [0.1, 0.15) is 0 Å². The number of aryl methyl sites for hydroxylation is 1. The first-order valence-electron chi connectivity index (χ1n) is 8.56. The van der Waals surface area contributed by atoms with Crippen molar-refractivity contribution < 1.29 is 4.79 Å². The largest absolute Gasteiger partial charge is 0.324 e. The zero-order valence-electron chi connectivity index (χ0n) is 13.6. The second kappa shape index (κ2) is 7.14.